The van der Waals surface area contributed by atoms with Gasteiger partial charge in [0.05, 0.1) is 12.2 Å². The van der Waals surface area contributed by atoms with Gasteiger partial charge in [0.1, 0.15) is 5.82 Å². The van der Waals surface area contributed by atoms with Crippen LogP contribution in [0.15, 0.2) is 24.3 Å². The molecule has 2 rings (SSSR count). The van der Waals surface area contributed by atoms with E-state index in [1.54, 1.807) is 0 Å². The van der Waals surface area contributed by atoms with Gasteiger partial charge in [0, 0.05) is 6.07 Å². The standard InChI is InChI=1S/C14H17F3N2O/c1-9-4-2-3-5-10(9)8-20-13-7-11(14(15,16)17)6-12(18)19-13/h2-3,6-7,9-10H,4-5,8H2,1H3,(H2,18,19). The number of allylic oxidation sites excluding steroid dienone is 2. The van der Waals surface area contributed by atoms with E-state index < -0.39 is 11.7 Å². The summed E-state index contributed by atoms with van der Waals surface area (Å²) in [4.78, 5) is 3.79. The SMILES string of the molecule is CC1CC=CCC1COc1cc(C(F)(F)F)cc(N)n1. The van der Waals surface area contributed by atoms with Crippen molar-refractivity contribution >= 4 is 5.82 Å². The molecule has 2 N–H and O–H groups in total. The average molecular weight is 286 g/mol. The van der Waals surface area contributed by atoms with Crippen LogP contribution in [0.1, 0.15) is 25.3 Å². The Morgan fingerprint density at radius 1 is 1.30 bits per heavy atom. The highest BCUT2D eigenvalue weighted by atomic mass is 19.4. The molecule has 1 aliphatic rings. The fourth-order valence-electron chi connectivity index (χ4n) is 2.19. The average Bonchev–Trinajstić information content (AvgIpc) is 2.36. The van der Waals surface area contributed by atoms with Crippen molar-refractivity contribution in [2.45, 2.75) is 25.9 Å². The summed E-state index contributed by atoms with van der Waals surface area (Å²) in [6.45, 7) is 2.45. The largest absolute Gasteiger partial charge is 0.477 e. The van der Waals surface area contributed by atoms with Crippen LogP contribution in [0.4, 0.5) is 19.0 Å². The Hall–Kier alpha value is -1.72. The molecule has 1 heterocycles. The minimum atomic E-state index is -4.45. The zero-order chi connectivity index (χ0) is 14.8. The third kappa shape index (κ3) is 3.65. The number of aromatic nitrogens is 1. The summed E-state index contributed by atoms with van der Waals surface area (Å²) in [6, 6.07) is 1.69. The Kier molecular flexibility index (Phi) is 4.20. The highest BCUT2D eigenvalue weighted by molar-refractivity contribution is 5.38. The van der Waals surface area contributed by atoms with Crippen LogP contribution >= 0.6 is 0 Å². The molecule has 20 heavy (non-hydrogen) atoms. The molecule has 3 nitrogen and oxygen atoms in total. The van der Waals surface area contributed by atoms with Crippen molar-refractivity contribution in [3.63, 3.8) is 0 Å². The van der Waals surface area contributed by atoms with Crippen LogP contribution in [0.3, 0.4) is 0 Å². The maximum Gasteiger partial charge on any atom is 0.416 e. The number of rotatable bonds is 3. The summed E-state index contributed by atoms with van der Waals surface area (Å²) in [5.74, 6) is 0.478. The summed E-state index contributed by atoms with van der Waals surface area (Å²) >= 11 is 0. The van der Waals surface area contributed by atoms with Crippen LogP contribution in [-0.4, -0.2) is 11.6 Å². The molecule has 1 aromatic rings. The minimum Gasteiger partial charge on any atom is -0.477 e. The van der Waals surface area contributed by atoms with Gasteiger partial charge in [-0.15, -0.1) is 0 Å². The van der Waals surface area contributed by atoms with Gasteiger partial charge in [-0.1, -0.05) is 19.1 Å². The molecule has 0 bridgehead atoms. The summed E-state index contributed by atoms with van der Waals surface area (Å²) in [6.07, 6.45) is 1.57. The van der Waals surface area contributed by atoms with Crippen LogP contribution in [0, 0.1) is 11.8 Å². The third-order valence-corrected chi connectivity index (χ3v) is 3.51. The van der Waals surface area contributed by atoms with Gasteiger partial charge < -0.3 is 10.5 Å². The van der Waals surface area contributed by atoms with E-state index in [2.05, 4.69) is 24.1 Å². The number of anilines is 1. The Morgan fingerprint density at radius 2 is 2.00 bits per heavy atom. The molecular weight excluding hydrogens is 269 g/mol. The maximum absolute atomic E-state index is 12.7. The maximum atomic E-state index is 12.7. The summed E-state index contributed by atoms with van der Waals surface area (Å²) in [5.41, 5.74) is 4.55. The van der Waals surface area contributed by atoms with E-state index in [4.69, 9.17) is 10.5 Å². The first-order valence-corrected chi connectivity index (χ1v) is 6.49. The molecule has 0 spiro atoms. The van der Waals surface area contributed by atoms with E-state index in [-0.39, 0.29) is 17.6 Å². The molecule has 0 fully saturated rings. The fourth-order valence-corrected chi connectivity index (χ4v) is 2.19. The van der Waals surface area contributed by atoms with Crippen molar-refractivity contribution in [3.8, 4) is 5.88 Å². The zero-order valence-electron chi connectivity index (χ0n) is 11.2. The second-order valence-electron chi connectivity index (χ2n) is 5.11. The van der Waals surface area contributed by atoms with E-state index in [1.807, 2.05) is 0 Å². The molecular formula is C14H17F3N2O. The lowest BCUT2D eigenvalue weighted by Gasteiger charge is -2.25. The van der Waals surface area contributed by atoms with Gasteiger partial charge in [0.25, 0.3) is 0 Å². The summed E-state index contributed by atoms with van der Waals surface area (Å²) in [7, 11) is 0. The topological polar surface area (TPSA) is 48.1 Å². The van der Waals surface area contributed by atoms with Crippen molar-refractivity contribution < 1.29 is 17.9 Å². The van der Waals surface area contributed by atoms with Crippen molar-refractivity contribution in [1.82, 2.24) is 4.98 Å². The lowest BCUT2D eigenvalue weighted by molar-refractivity contribution is -0.137. The number of hydrogen-bond donors (Lipinski definition) is 1. The van der Waals surface area contributed by atoms with Gasteiger partial charge in [-0.25, -0.2) is 0 Å². The van der Waals surface area contributed by atoms with E-state index in [9.17, 15) is 13.2 Å². The Bertz CT molecular complexity index is 500. The molecule has 0 aliphatic heterocycles. The molecule has 1 aromatic heterocycles. The number of ether oxygens (including phenoxy) is 1. The normalized spacial score (nSPS) is 22.8. The smallest absolute Gasteiger partial charge is 0.416 e. The number of nitrogen functional groups attached to an aromatic ring is 1. The van der Waals surface area contributed by atoms with Gasteiger partial charge in [-0.05, 0) is 30.7 Å². The molecule has 0 radical (unpaired) electrons. The zero-order valence-corrected chi connectivity index (χ0v) is 11.2. The van der Waals surface area contributed by atoms with Crippen molar-refractivity contribution in [3.05, 3.63) is 29.8 Å². The summed E-state index contributed by atoms with van der Waals surface area (Å²) in [5, 5.41) is 0. The second-order valence-corrected chi connectivity index (χ2v) is 5.11. The van der Waals surface area contributed by atoms with E-state index in [0.717, 1.165) is 25.0 Å². The highest BCUT2D eigenvalue weighted by Gasteiger charge is 2.32. The Balaban J connectivity index is 2.06. The van der Waals surface area contributed by atoms with E-state index >= 15 is 0 Å². The molecule has 110 valence electrons. The number of nitrogens with zero attached hydrogens (tertiary/aromatic N) is 1. The lowest BCUT2D eigenvalue weighted by Crippen LogP contribution is -2.21. The van der Waals surface area contributed by atoms with Gasteiger partial charge in [-0.2, -0.15) is 18.2 Å². The number of nitrogens with two attached hydrogens (primary N) is 1. The quantitative estimate of drug-likeness (QED) is 0.863. The first kappa shape index (κ1) is 14.7. The van der Waals surface area contributed by atoms with E-state index in [0.29, 0.717) is 12.5 Å². The fraction of sp³-hybridized carbons (Fsp3) is 0.500. The first-order chi connectivity index (χ1) is 9.36. The lowest BCUT2D eigenvalue weighted by atomic mass is 9.85. The van der Waals surface area contributed by atoms with Gasteiger partial charge in [-0.3, -0.25) is 0 Å². The van der Waals surface area contributed by atoms with Crippen molar-refractivity contribution in [2.75, 3.05) is 12.3 Å². The van der Waals surface area contributed by atoms with Crippen LogP contribution in [0.5, 0.6) is 5.88 Å². The van der Waals surface area contributed by atoms with Crippen LogP contribution in [0.25, 0.3) is 0 Å². The molecule has 0 amide bonds. The van der Waals surface area contributed by atoms with Gasteiger partial charge in [0.2, 0.25) is 5.88 Å². The summed E-state index contributed by atoms with van der Waals surface area (Å²) < 4.78 is 43.4. The number of halogens is 3. The van der Waals surface area contributed by atoms with E-state index in [1.165, 1.54) is 0 Å². The molecule has 6 heteroatoms. The molecule has 1 aliphatic carbocycles. The molecule has 0 saturated carbocycles. The van der Waals surface area contributed by atoms with Crippen LogP contribution < -0.4 is 10.5 Å². The molecule has 2 unspecified atom stereocenters. The van der Waals surface area contributed by atoms with Crippen molar-refractivity contribution in [2.24, 2.45) is 11.8 Å². The molecule has 0 saturated heterocycles. The predicted octanol–water partition coefficient (Wildman–Crippen LogP) is 3.66. The number of alkyl halides is 3. The Labute approximate surface area is 115 Å². The Morgan fingerprint density at radius 3 is 2.65 bits per heavy atom. The third-order valence-electron chi connectivity index (χ3n) is 3.51. The van der Waals surface area contributed by atoms with Crippen LogP contribution in [-0.2, 0) is 6.18 Å². The first-order valence-electron chi connectivity index (χ1n) is 6.49. The number of pyridine rings is 1. The van der Waals surface area contributed by atoms with Gasteiger partial charge >= 0.3 is 6.18 Å². The second kappa shape index (κ2) is 5.73. The minimum absolute atomic E-state index is 0.0703. The highest BCUT2D eigenvalue weighted by Crippen LogP contribution is 2.32. The molecule has 2 atom stereocenters. The predicted molar refractivity (Wildman–Crippen MR) is 70.2 cm³/mol. The van der Waals surface area contributed by atoms with Crippen molar-refractivity contribution in [1.29, 1.82) is 0 Å². The monoisotopic (exact) mass is 286 g/mol. The van der Waals surface area contributed by atoms with Gasteiger partial charge in [0.15, 0.2) is 0 Å². The molecule has 0 aromatic carbocycles. The number of hydrogen-bond acceptors (Lipinski definition) is 3. The van der Waals surface area contributed by atoms with Crippen LogP contribution in [0.2, 0.25) is 0 Å².